The normalized spacial score (nSPS) is 20.9. The molecular weight excluding hydrogens is 548 g/mol. The van der Waals surface area contributed by atoms with Crippen molar-refractivity contribution in [2.45, 2.75) is 24.8 Å². The molecule has 3 aliphatic heterocycles. The molecule has 0 amide bonds. The van der Waals surface area contributed by atoms with E-state index in [0.29, 0.717) is 0 Å². The van der Waals surface area contributed by atoms with E-state index in [1.54, 1.807) is 0 Å². The van der Waals surface area contributed by atoms with Crippen molar-refractivity contribution in [1.82, 2.24) is 9.47 Å². The number of anilines is 1. The Balaban J connectivity index is 1.31. The zero-order chi connectivity index (χ0) is 29.7. The third-order valence-electron chi connectivity index (χ3n) is 10.3. The molecule has 1 aromatic heterocycles. The molecule has 214 valence electrons. The monoisotopic (exact) mass is 578 g/mol. The van der Waals surface area contributed by atoms with Crippen LogP contribution in [0.3, 0.4) is 0 Å². The Kier molecular flexibility index (Phi) is 4.94. The van der Waals surface area contributed by atoms with Gasteiger partial charge in [-0.2, -0.15) is 0 Å². The van der Waals surface area contributed by atoms with Crippen LogP contribution in [0.5, 0.6) is 0 Å². The largest absolute Gasteiger partial charge is 0.375 e. The summed E-state index contributed by atoms with van der Waals surface area (Å²) in [7, 11) is 0. The minimum atomic E-state index is -0.435. The molecule has 4 nitrogen and oxygen atoms in total. The van der Waals surface area contributed by atoms with Crippen molar-refractivity contribution in [3.8, 4) is 11.1 Å². The quantitative estimate of drug-likeness (QED) is 0.230. The molecule has 0 fully saturated rings. The first-order valence-electron chi connectivity index (χ1n) is 15.7. The Morgan fingerprint density at radius 1 is 0.622 bits per heavy atom. The number of hydrogen-bond acceptors (Lipinski definition) is 3. The SMILES string of the molecule is CC12c3c(ccc4c5ccccc5n(c34)C3N=c4ccccc4=C(c4ccc(-c5ccccc5)cc4)N31)NC2c1ccccc1. The van der Waals surface area contributed by atoms with Gasteiger partial charge in [0, 0.05) is 27.2 Å². The van der Waals surface area contributed by atoms with Crippen molar-refractivity contribution in [3.63, 3.8) is 0 Å². The highest BCUT2D eigenvalue weighted by Gasteiger charge is 2.56. The van der Waals surface area contributed by atoms with Crippen LogP contribution in [0.15, 0.2) is 151 Å². The minimum Gasteiger partial charge on any atom is -0.375 e. The van der Waals surface area contributed by atoms with E-state index in [1.807, 2.05) is 0 Å². The molecule has 10 rings (SSSR count). The van der Waals surface area contributed by atoms with E-state index in [9.17, 15) is 0 Å². The first kappa shape index (κ1) is 24.8. The van der Waals surface area contributed by atoms with E-state index in [4.69, 9.17) is 4.99 Å². The van der Waals surface area contributed by atoms with Gasteiger partial charge in [-0.25, -0.2) is 4.99 Å². The lowest BCUT2D eigenvalue weighted by Crippen LogP contribution is -2.56. The lowest BCUT2D eigenvalue weighted by molar-refractivity contribution is 0.0663. The summed E-state index contributed by atoms with van der Waals surface area (Å²) in [6.45, 7) is 2.43. The van der Waals surface area contributed by atoms with E-state index in [1.165, 1.54) is 61.0 Å². The van der Waals surface area contributed by atoms with Crippen LogP contribution in [-0.2, 0) is 5.54 Å². The van der Waals surface area contributed by atoms with Crippen LogP contribution in [0, 0.1) is 0 Å². The summed E-state index contributed by atoms with van der Waals surface area (Å²) in [5.41, 5.74) is 10.7. The summed E-state index contributed by atoms with van der Waals surface area (Å²) in [5.74, 6) is 0. The standard InChI is InChI=1S/C41H30N4/c1-41-36-34(42-39(41)29-14-6-3-7-15-29)25-24-31-30-16-9-11-19-35(30)44(38(31)36)40-43-33-18-10-8-17-32(33)37(45(40)41)28-22-20-27(21-23-28)26-12-4-2-5-13-26/h2-25,39-40,42H,1H3. The summed E-state index contributed by atoms with van der Waals surface area (Å²) in [6.07, 6.45) is -0.259. The van der Waals surface area contributed by atoms with Gasteiger partial charge in [-0.3, -0.25) is 0 Å². The molecule has 45 heavy (non-hydrogen) atoms. The number of hydrogen-bond donors (Lipinski definition) is 1. The molecule has 6 aromatic carbocycles. The number of benzene rings is 6. The summed E-state index contributed by atoms with van der Waals surface area (Å²) >= 11 is 0. The summed E-state index contributed by atoms with van der Waals surface area (Å²) in [6, 6.07) is 52.7. The molecule has 0 bridgehead atoms. The number of nitrogens with one attached hydrogen (secondary N) is 1. The van der Waals surface area contributed by atoms with Gasteiger partial charge in [0.15, 0.2) is 0 Å². The molecule has 7 aromatic rings. The van der Waals surface area contributed by atoms with Crippen LogP contribution in [0.1, 0.15) is 35.9 Å². The van der Waals surface area contributed by atoms with Gasteiger partial charge in [-0.1, -0.05) is 127 Å². The first-order chi connectivity index (χ1) is 22.2. The maximum Gasteiger partial charge on any atom is 0.204 e. The number of rotatable bonds is 3. The van der Waals surface area contributed by atoms with Gasteiger partial charge in [0.2, 0.25) is 6.29 Å². The Morgan fingerprint density at radius 3 is 2.11 bits per heavy atom. The number of para-hydroxylation sites is 2. The second-order valence-electron chi connectivity index (χ2n) is 12.6. The van der Waals surface area contributed by atoms with Gasteiger partial charge >= 0.3 is 0 Å². The second kappa shape index (κ2) is 8.96. The molecule has 3 atom stereocenters. The maximum atomic E-state index is 5.59. The molecule has 4 heteroatoms. The zero-order valence-electron chi connectivity index (χ0n) is 24.9. The number of aromatic nitrogens is 1. The van der Waals surface area contributed by atoms with Crippen LogP contribution >= 0.6 is 0 Å². The van der Waals surface area contributed by atoms with Gasteiger partial charge in [0.1, 0.15) is 0 Å². The molecule has 0 spiro atoms. The average molecular weight is 579 g/mol. The van der Waals surface area contributed by atoms with Crippen molar-refractivity contribution in [1.29, 1.82) is 0 Å². The third-order valence-corrected chi connectivity index (χ3v) is 10.3. The minimum absolute atomic E-state index is 0.0209. The smallest absolute Gasteiger partial charge is 0.204 e. The van der Waals surface area contributed by atoms with E-state index >= 15 is 0 Å². The Labute approximate surface area is 261 Å². The zero-order valence-corrected chi connectivity index (χ0v) is 24.9. The highest BCUT2D eigenvalue weighted by Crippen LogP contribution is 2.60. The predicted octanol–water partition coefficient (Wildman–Crippen LogP) is 8.11. The summed E-state index contributed by atoms with van der Waals surface area (Å²) in [5, 5.41) is 8.75. The van der Waals surface area contributed by atoms with Crippen LogP contribution < -0.4 is 15.9 Å². The van der Waals surface area contributed by atoms with Crippen LogP contribution in [0.2, 0.25) is 0 Å². The molecule has 0 saturated carbocycles. The van der Waals surface area contributed by atoms with Crippen molar-refractivity contribution in [2.75, 3.05) is 5.32 Å². The molecule has 3 aliphatic rings. The van der Waals surface area contributed by atoms with Crippen molar-refractivity contribution < 1.29 is 0 Å². The molecule has 0 saturated heterocycles. The second-order valence-corrected chi connectivity index (χ2v) is 12.6. The fourth-order valence-corrected chi connectivity index (χ4v) is 8.32. The average Bonchev–Trinajstić information content (AvgIpc) is 3.61. The van der Waals surface area contributed by atoms with E-state index in [0.717, 1.165) is 10.6 Å². The van der Waals surface area contributed by atoms with Gasteiger partial charge in [-0.05, 0) is 47.4 Å². The third kappa shape index (κ3) is 3.23. The highest BCUT2D eigenvalue weighted by atomic mass is 15.5. The van der Waals surface area contributed by atoms with Gasteiger partial charge < -0.3 is 14.8 Å². The van der Waals surface area contributed by atoms with E-state index < -0.39 is 5.54 Å². The van der Waals surface area contributed by atoms with E-state index in [-0.39, 0.29) is 12.3 Å². The molecule has 3 unspecified atom stereocenters. The molecule has 0 radical (unpaired) electrons. The summed E-state index contributed by atoms with van der Waals surface area (Å²) < 4.78 is 2.49. The van der Waals surface area contributed by atoms with Crippen LogP contribution in [0.4, 0.5) is 5.69 Å². The van der Waals surface area contributed by atoms with Gasteiger partial charge in [0.25, 0.3) is 0 Å². The Bertz CT molecular complexity index is 2430. The number of fused-ring (bicyclic) bond motifs is 7. The maximum absolute atomic E-state index is 5.59. The van der Waals surface area contributed by atoms with Crippen molar-refractivity contribution in [2.24, 2.45) is 4.99 Å². The fourth-order valence-electron chi connectivity index (χ4n) is 8.32. The molecule has 1 N–H and O–H groups in total. The van der Waals surface area contributed by atoms with Crippen molar-refractivity contribution >= 4 is 33.2 Å². The predicted molar refractivity (Wildman–Crippen MR) is 182 cm³/mol. The lowest BCUT2D eigenvalue weighted by Gasteiger charge is -2.52. The van der Waals surface area contributed by atoms with Gasteiger partial charge in [-0.15, -0.1) is 0 Å². The fraction of sp³-hybridized carbons (Fsp3) is 0.0976. The summed E-state index contributed by atoms with van der Waals surface area (Å²) in [4.78, 5) is 8.22. The van der Waals surface area contributed by atoms with Crippen LogP contribution in [-0.4, -0.2) is 9.47 Å². The molecular formula is C41H30N4. The number of nitrogens with zero attached hydrogens (tertiary/aromatic N) is 3. The molecule has 4 heterocycles. The molecule has 0 aliphatic carbocycles. The lowest BCUT2D eigenvalue weighted by atomic mass is 9.79. The Hall–Kier alpha value is -5.61. The van der Waals surface area contributed by atoms with E-state index in [2.05, 4.69) is 167 Å². The highest BCUT2D eigenvalue weighted by molar-refractivity contribution is 6.11. The topological polar surface area (TPSA) is 32.6 Å². The van der Waals surface area contributed by atoms with Gasteiger partial charge in [0.05, 0.1) is 33.7 Å². The first-order valence-corrected chi connectivity index (χ1v) is 15.7. The van der Waals surface area contributed by atoms with Crippen LogP contribution in [0.25, 0.3) is 38.6 Å². The Morgan fingerprint density at radius 2 is 1.29 bits per heavy atom. The van der Waals surface area contributed by atoms with Crippen molar-refractivity contribution in [3.05, 3.63) is 173 Å².